The van der Waals surface area contributed by atoms with Gasteiger partial charge < -0.3 is 14.5 Å². The van der Waals surface area contributed by atoms with Crippen LogP contribution in [0.3, 0.4) is 0 Å². The molecule has 0 radical (unpaired) electrons. The molecule has 98 valence electrons. The zero-order chi connectivity index (χ0) is 12.4. The predicted molar refractivity (Wildman–Crippen MR) is 75.7 cm³/mol. The van der Waals surface area contributed by atoms with Gasteiger partial charge in [0.1, 0.15) is 0 Å². The molecule has 2 aliphatic heterocycles. The minimum Gasteiger partial charge on any atom is -0.378 e. The summed E-state index contributed by atoms with van der Waals surface area (Å²) in [5, 5.41) is 0. The molecule has 3 rings (SSSR count). The van der Waals surface area contributed by atoms with Gasteiger partial charge in [0.2, 0.25) is 0 Å². The summed E-state index contributed by atoms with van der Waals surface area (Å²) in [6, 6.07) is 6.90. The first-order valence-electron chi connectivity index (χ1n) is 7.03. The van der Waals surface area contributed by atoms with Crippen molar-refractivity contribution in [3.63, 3.8) is 0 Å². The van der Waals surface area contributed by atoms with Crippen LogP contribution in [0.15, 0.2) is 18.2 Å². The van der Waals surface area contributed by atoms with Crippen molar-refractivity contribution in [3.05, 3.63) is 23.8 Å². The number of benzene rings is 1. The van der Waals surface area contributed by atoms with Crippen molar-refractivity contribution in [2.24, 2.45) is 0 Å². The van der Waals surface area contributed by atoms with Crippen molar-refractivity contribution >= 4 is 11.4 Å². The molecule has 2 fully saturated rings. The van der Waals surface area contributed by atoms with Gasteiger partial charge in [-0.15, -0.1) is 0 Å². The maximum Gasteiger partial charge on any atom is 0.0642 e. The van der Waals surface area contributed by atoms with Crippen LogP contribution in [0.1, 0.15) is 18.4 Å². The molecule has 0 N–H and O–H groups in total. The minimum absolute atomic E-state index is 0.854. The number of hydrogen-bond donors (Lipinski definition) is 0. The van der Waals surface area contributed by atoms with Crippen molar-refractivity contribution in [1.82, 2.24) is 0 Å². The van der Waals surface area contributed by atoms with E-state index in [-0.39, 0.29) is 0 Å². The lowest BCUT2D eigenvalue weighted by molar-refractivity contribution is 0.122. The van der Waals surface area contributed by atoms with E-state index in [1.54, 1.807) is 0 Å². The third-order valence-electron chi connectivity index (χ3n) is 4.00. The van der Waals surface area contributed by atoms with E-state index < -0.39 is 0 Å². The topological polar surface area (TPSA) is 15.7 Å². The van der Waals surface area contributed by atoms with Crippen LogP contribution in [-0.2, 0) is 4.74 Å². The number of ether oxygens (including phenoxy) is 1. The molecule has 2 heterocycles. The molecule has 2 aliphatic rings. The van der Waals surface area contributed by atoms with Crippen LogP contribution in [0.5, 0.6) is 0 Å². The Balaban J connectivity index is 1.79. The minimum atomic E-state index is 0.854. The number of morpholine rings is 1. The molecule has 3 nitrogen and oxygen atoms in total. The van der Waals surface area contributed by atoms with E-state index in [1.807, 2.05) is 0 Å². The van der Waals surface area contributed by atoms with E-state index >= 15 is 0 Å². The Labute approximate surface area is 109 Å². The van der Waals surface area contributed by atoms with Crippen molar-refractivity contribution < 1.29 is 4.74 Å². The lowest BCUT2D eigenvalue weighted by Crippen LogP contribution is -2.36. The summed E-state index contributed by atoms with van der Waals surface area (Å²) in [6.07, 6.45) is 2.68. The van der Waals surface area contributed by atoms with Crippen molar-refractivity contribution in [1.29, 1.82) is 0 Å². The van der Waals surface area contributed by atoms with Crippen LogP contribution in [0.4, 0.5) is 11.4 Å². The quantitative estimate of drug-likeness (QED) is 0.797. The van der Waals surface area contributed by atoms with Crippen molar-refractivity contribution in [2.45, 2.75) is 19.8 Å². The fraction of sp³-hybridized carbons (Fsp3) is 0.600. The van der Waals surface area contributed by atoms with Gasteiger partial charge in [-0.25, -0.2) is 0 Å². The third kappa shape index (κ3) is 2.32. The predicted octanol–water partition coefficient (Wildman–Crippen LogP) is 2.43. The summed E-state index contributed by atoms with van der Waals surface area (Å²) in [7, 11) is 0. The summed E-state index contributed by atoms with van der Waals surface area (Å²) >= 11 is 0. The molecule has 0 saturated carbocycles. The van der Waals surface area contributed by atoms with Gasteiger partial charge in [0.15, 0.2) is 0 Å². The Kier molecular flexibility index (Phi) is 3.41. The van der Waals surface area contributed by atoms with Gasteiger partial charge in [-0.2, -0.15) is 0 Å². The van der Waals surface area contributed by atoms with Gasteiger partial charge in [-0.1, -0.05) is 0 Å². The highest BCUT2D eigenvalue weighted by atomic mass is 16.5. The maximum atomic E-state index is 5.41. The molecule has 18 heavy (non-hydrogen) atoms. The van der Waals surface area contributed by atoms with Crippen LogP contribution < -0.4 is 9.80 Å². The van der Waals surface area contributed by atoms with E-state index in [1.165, 1.54) is 42.9 Å². The Morgan fingerprint density at radius 1 is 0.944 bits per heavy atom. The molecule has 0 aromatic heterocycles. The van der Waals surface area contributed by atoms with Gasteiger partial charge in [0.05, 0.1) is 13.2 Å². The van der Waals surface area contributed by atoms with E-state index in [9.17, 15) is 0 Å². The first-order valence-corrected chi connectivity index (χ1v) is 7.03. The van der Waals surface area contributed by atoms with Crippen LogP contribution in [-0.4, -0.2) is 39.4 Å². The van der Waals surface area contributed by atoms with Gasteiger partial charge in [-0.3, -0.25) is 0 Å². The summed E-state index contributed by atoms with van der Waals surface area (Å²) in [5.74, 6) is 0. The average molecular weight is 246 g/mol. The molecule has 1 aromatic carbocycles. The summed E-state index contributed by atoms with van der Waals surface area (Å²) in [6.45, 7) is 8.41. The molecule has 0 atom stereocenters. The lowest BCUT2D eigenvalue weighted by atomic mass is 10.1. The maximum absolute atomic E-state index is 5.41. The third-order valence-corrected chi connectivity index (χ3v) is 4.00. The molecular weight excluding hydrogens is 224 g/mol. The Bertz CT molecular complexity index is 407. The lowest BCUT2D eigenvalue weighted by Gasteiger charge is -2.30. The summed E-state index contributed by atoms with van der Waals surface area (Å²) in [4.78, 5) is 4.93. The normalized spacial score (nSPS) is 20.5. The average Bonchev–Trinajstić information content (AvgIpc) is 2.93. The highest BCUT2D eigenvalue weighted by Gasteiger charge is 2.16. The van der Waals surface area contributed by atoms with E-state index in [4.69, 9.17) is 4.74 Å². The molecule has 0 aliphatic carbocycles. The Morgan fingerprint density at radius 3 is 2.33 bits per heavy atom. The second-order valence-electron chi connectivity index (χ2n) is 5.26. The fourth-order valence-corrected chi connectivity index (χ4v) is 2.97. The molecule has 0 unspecified atom stereocenters. The highest BCUT2D eigenvalue weighted by Crippen LogP contribution is 2.28. The van der Waals surface area contributed by atoms with Gasteiger partial charge in [-0.05, 0) is 43.5 Å². The molecule has 0 amide bonds. The van der Waals surface area contributed by atoms with E-state index in [2.05, 4.69) is 34.9 Å². The van der Waals surface area contributed by atoms with Gasteiger partial charge >= 0.3 is 0 Å². The molecule has 3 heteroatoms. The molecule has 1 aromatic rings. The van der Waals surface area contributed by atoms with E-state index in [0.29, 0.717) is 0 Å². The summed E-state index contributed by atoms with van der Waals surface area (Å²) < 4.78 is 5.41. The van der Waals surface area contributed by atoms with Crippen molar-refractivity contribution in [3.8, 4) is 0 Å². The number of rotatable bonds is 2. The van der Waals surface area contributed by atoms with Gasteiger partial charge in [0, 0.05) is 37.6 Å². The first-order chi connectivity index (χ1) is 8.84. The van der Waals surface area contributed by atoms with Crippen LogP contribution in [0.25, 0.3) is 0 Å². The monoisotopic (exact) mass is 246 g/mol. The number of nitrogens with zero attached hydrogens (tertiary/aromatic N) is 2. The molecule has 2 saturated heterocycles. The zero-order valence-electron chi connectivity index (χ0n) is 11.2. The standard InChI is InChI=1S/C15H22N2O/c1-13-12-14(16-8-10-18-11-9-16)4-5-15(13)17-6-2-3-7-17/h4-5,12H,2-3,6-11H2,1H3. The molecule has 0 spiro atoms. The van der Waals surface area contributed by atoms with E-state index in [0.717, 1.165) is 26.3 Å². The second kappa shape index (κ2) is 5.19. The smallest absolute Gasteiger partial charge is 0.0642 e. The molecule has 0 bridgehead atoms. The largest absolute Gasteiger partial charge is 0.378 e. The second-order valence-corrected chi connectivity index (χ2v) is 5.26. The Morgan fingerprint density at radius 2 is 1.67 bits per heavy atom. The Hall–Kier alpha value is -1.22. The summed E-state index contributed by atoms with van der Waals surface area (Å²) in [5.41, 5.74) is 4.17. The van der Waals surface area contributed by atoms with Gasteiger partial charge in [0.25, 0.3) is 0 Å². The highest BCUT2D eigenvalue weighted by molar-refractivity contribution is 5.62. The van der Waals surface area contributed by atoms with Crippen LogP contribution in [0, 0.1) is 6.92 Å². The number of hydrogen-bond acceptors (Lipinski definition) is 3. The van der Waals surface area contributed by atoms with Crippen LogP contribution >= 0.6 is 0 Å². The number of anilines is 2. The number of aryl methyl sites for hydroxylation is 1. The molecular formula is C15H22N2O. The van der Waals surface area contributed by atoms with Crippen LogP contribution in [0.2, 0.25) is 0 Å². The fourth-order valence-electron chi connectivity index (χ4n) is 2.97. The first kappa shape index (κ1) is 11.8. The zero-order valence-corrected chi connectivity index (χ0v) is 11.2. The SMILES string of the molecule is Cc1cc(N2CCOCC2)ccc1N1CCCC1. The van der Waals surface area contributed by atoms with Crippen molar-refractivity contribution in [2.75, 3.05) is 49.2 Å².